The first-order chi connectivity index (χ1) is 14.9. The van der Waals surface area contributed by atoms with E-state index in [0.29, 0.717) is 30.1 Å². The Hall–Kier alpha value is -3.55. The Labute approximate surface area is 181 Å². The van der Waals surface area contributed by atoms with E-state index in [9.17, 15) is 14.4 Å². The number of fused-ring (bicyclic) bond motifs is 1. The van der Waals surface area contributed by atoms with Crippen LogP contribution in [-0.2, 0) is 9.59 Å². The van der Waals surface area contributed by atoms with Crippen molar-refractivity contribution in [1.29, 1.82) is 0 Å². The minimum atomic E-state index is -0.293. The van der Waals surface area contributed by atoms with Crippen molar-refractivity contribution < 1.29 is 19.1 Å². The van der Waals surface area contributed by atoms with Gasteiger partial charge in [-0.05, 0) is 30.3 Å². The number of para-hydroxylation sites is 1. The average Bonchev–Trinajstić information content (AvgIpc) is 2.80. The van der Waals surface area contributed by atoms with Gasteiger partial charge in [0.2, 0.25) is 5.91 Å². The third-order valence-electron chi connectivity index (χ3n) is 5.60. The van der Waals surface area contributed by atoms with Crippen LogP contribution in [-0.4, -0.2) is 80.9 Å². The van der Waals surface area contributed by atoms with Crippen molar-refractivity contribution in [2.24, 2.45) is 0 Å². The van der Waals surface area contributed by atoms with Crippen molar-refractivity contribution in [3.8, 4) is 5.75 Å². The summed E-state index contributed by atoms with van der Waals surface area (Å²) in [6.45, 7) is 2.48. The normalized spacial score (nSPS) is 15.9. The van der Waals surface area contributed by atoms with Crippen LogP contribution in [0.15, 0.2) is 48.5 Å². The van der Waals surface area contributed by atoms with Crippen molar-refractivity contribution in [3.63, 3.8) is 0 Å². The van der Waals surface area contributed by atoms with E-state index in [1.54, 1.807) is 37.2 Å². The molecule has 2 heterocycles. The average molecular weight is 422 g/mol. The van der Waals surface area contributed by atoms with E-state index < -0.39 is 0 Å². The summed E-state index contributed by atoms with van der Waals surface area (Å²) >= 11 is 0. The Morgan fingerprint density at radius 1 is 1.00 bits per heavy atom. The summed E-state index contributed by atoms with van der Waals surface area (Å²) in [6, 6.07) is 15.1. The molecule has 0 bridgehead atoms. The van der Waals surface area contributed by atoms with Crippen LogP contribution < -0.4 is 14.5 Å². The number of nitrogens with zero attached hydrogens (tertiary/aromatic N) is 4. The second-order valence-electron chi connectivity index (χ2n) is 7.85. The summed E-state index contributed by atoms with van der Waals surface area (Å²) in [5.74, 6) is -0.0859. The molecule has 162 valence electrons. The highest BCUT2D eigenvalue weighted by molar-refractivity contribution is 6.04. The highest BCUT2D eigenvalue weighted by atomic mass is 16.5. The van der Waals surface area contributed by atoms with E-state index in [0.717, 1.165) is 18.8 Å². The number of hydrogen-bond acceptors (Lipinski definition) is 5. The lowest BCUT2D eigenvalue weighted by molar-refractivity contribution is -0.132. The van der Waals surface area contributed by atoms with Crippen LogP contribution >= 0.6 is 0 Å². The van der Waals surface area contributed by atoms with Gasteiger partial charge in [-0.25, -0.2) is 0 Å². The van der Waals surface area contributed by atoms with Gasteiger partial charge in [-0.3, -0.25) is 19.3 Å². The first-order valence-corrected chi connectivity index (χ1v) is 10.3. The smallest absolute Gasteiger partial charge is 0.265 e. The standard InChI is InChI=1S/C23H26N4O4/c1-24(2)23(30)17-8-9-20-19(14-17)27(22(29)16-31-20)15-21(28)26-12-10-25(11-13-26)18-6-4-3-5-7-18/h3-9,14H,10-13,15-16H2,1-2H3. The first-order valence-electron chi connectivity index (χ1n) is 10.3. The molecule has 0 aliphatic carbocycles. The number of carbonyl (C=O) groups excluding carboxylic acids is 3. The largest absolute Gasteiger partial charge is 0.482 e. The topological polar surface area (TPSA) is 73.4 Å². The number of rotatable bonds is 4. The molecule has 1 saturated heterocycles. The molecular weight excluding hydrogens is 396 g/mol. The Bertz CT molecular complexity index is 984. The fraction of sp³-hybridized carbons (Fsp3) is 0.348. The minimum Gasteiger partial charge on any atom is -0.482 e. The van der Waals surface area contributed by atoms with Gasteiger partial charge in [0.25, 0.3) is 11.8 Å². The van der Waals surface area contributed by atoms with E-state index in [1.807, 2.05) is 18.2 Å². The van der Waals surface area contributed by atoms with Crippen LogP contribution in [0.4, 0.5) is 11.4 Å². The van der Waals surface area contributed by atoms with Gasteiger partial charge < -0.3 is 19.4 Å². The number of piperazine rings is 1. The van der Waals surface area contributed by atoms with Gasteiger partial charge in [0.1, 0.15) is 12.3 Å². The second kappa shape index (κ2) is 8.67. The lowest BCUT2D eigenvalue weighted by Crippen LogP contribution is -2.53. The van der Waals surface area contributed by atoms with Crippen molar-refractivity contribution in [2.75, 3.05) is 63.2 Å². The van der Waals surface area contributed by atoms with E-state index in [-0.39, 0.29) is 30.9 Å². The van der Waals surface area contributed by atoms with Crippen LogP contribution in [0.2, 0.25) is 0 Å². The summed E-state index contributed by atoms with van der Waals surface area (Å²) < 4.78 is 5.50. The monoisotopic (exact) mass is 422 g/mol. The molecule has 2 aliphatic heterocycles. The Balaban J connectivity index is 1.46. The van der Waals surface area contributed by atoms with Crippen LogP contribution in [0.5, 0.6) is 5.75 Å². The molecule has 2 aliphatic rings. The lowest BCUT2D eigenvalue weighted by Gasteiger charge is -2.37. The summed E-state index contributed by atoms with van der Waals surface area (Å²) in [7, 11) is 3.33. The summed E-state index contributed by atoms with van der Waals surface area (Å²) in [5, 5.41) is 0. The van der Waals surface area contributed by atoms with Crippen molar-refractivity contribution in [3.05, 3.63) is 54.1 Å². The molecule has 0 N–H and O–H groups in total. The Kier molecular flexibility index (Phi) is 5.79. The Morgan fingerprint density at radius 3 is 2.39 bits per heavy atom. The van der Waals surface area contributed by atoms with E-state index in [4.69, 9.17) is 4.74 Å². The maximum absolute atomic E-state index is 13.0. The molecule has 0 atom stereocenters. The third-order valence-corrected chi connectivity index (χ3v) is 5.60. The van der Waals surface area contributed by atoms with Gasteiger partial charge in [-0.1, -0.05) is 18.2 Å². The van der Waals surface area contributed by atoms with Crippen LogP contribution in [0.25, 0.3) is 0 Å². The predicted molar refractivity (Wildman–Crippen MR) is 118 cm³/mol. The Morgan fingerprint density at radius 2 is 1.71 bits per heavy atom. The molecule has 0 radical (unpaired) electrons. The van der Waals surface area contributed by atoms with E-state index in [2.05, 4.69) is 17.0 Å². The molecule has 0 aromatic heterocycles. The van der Waals surface area contributed by atoms with Crippen LogP contribution in [0, 0.1) is 0 Å². The highest BCUT2D eigenvalue weighted by Gasteiger charge is 2.31. The minimum absolute atomic E-state index is 0.0693. The fourth-order valence-corrected chi connectivity index (χ4v) is 3.85. The zero-order valence-electron chi connectivity index (χ0n) is 17.8. The van der Waals surface area contributed by atoms with E-state index in [1.165, 1.54) is 9.80 Å². The van der Waals surface area contributed by atoms with Gasteiger partial charge in [-0.2, -0.15) is 0 Å². The quantitative estimate of drug-likeness (QED) is 0.746. The maximum atomic E-state index is 13.0. The van der Waals surface area contributed by atoms with Crippen molar-refractivity contribution >= 4 is 29.1 Å². The van der Waals surface area contributed by atoms with Crippen LogP contribution in [0.1, 0.15) is 10.4 Å². The molecule has 31 heavy (non-hydrogen) atoms. The number of hydrogen-bond donors (Lipinski definition) is 0. The van der Waals surface area contributed by atoms with E-state index >= 15 is 0 Å². The van der Waals surface area contributed by atoms with Gasteiger partial charge in [-0.15, -0.1) is 0 Å². The van der Waals surface area contributed by atoms with Gasteiger partial charge in [0, 0.05) is 51.5 Å². The maximum Gasteiger partial charge on any atom is 0.265 e. The molecule has 8 nitrogen and oxygen atoms in total. The molecule has 1 fully saturated rings. The zero-order chi connectivity index (χ0) is 22.0. The predicted octanol–water partition coefficient (Wildman–Crippen LogP) is 1.46. The SMILES string of the molecule is CN(C)C(=O)c1ccc2c(c1)N(CC(=O)N1CCN(c3ccccc3)CC1)C(=O)CO2. The second-order valence-corrected chi connectivity index (χ2v) is 7.85. The molecule has 8 heteroatoms. The van der Waals surface area contributed by atoms with Gasteiger partial charge in [0.15, 0.2) is 6.61 Å². The van der Waals surface area contributed by atoms with Gasteiger partial charge >= 0.3 is 0 Å². The number of ether oxygens (including phenoxy) is 1. The zero-order valence-corrected chi connectivity index (χ0v) is 17.8. The number of carbonyl (C=O) groups is 3. The number of benzene rings is 2. The summed E-state index contributed by atoms with van der Waals surface area (Å²) in [6.07, 6.45) is 0. The molecule has 0 unspecified atom stereocenters. The molecule has 4 rings (SSSR count). The molecular formula is C23H26N4O4. The summed E-state index contributed by atoms with van der Waals surface area (Å²) in [4.78, 5) is 44.8. The third kappa shape index (κ3) is 4.33. The first kappa shape index (κ1) is 20.7. The number of anilines is 2. The molecule has 0 spiro atoms. The molecule has 3 amide bonds. The van der Waals surface area contributed by atoms with Crippen molar-refractivity contribution in [1.82, 2.24) is 9.80 Å². The van der Waals surface area contributed by atoms with Crippen molar-refractivity contribution in [2.45, 2.75) is 0 Å². The molecule has 2 aromatic carbocycles. The molecule has 2 aromatic rings. The fourth-order valence-electron chi connectivity index (χ4n) is 3.85. The number of amides is 3. The highest BCUT2D eigenvalue weighted by Crippen LogP contribution is 2.33. The van der Waals surface area contributed by atoms with Gasteiger partial charge in [0.05, 0.1) is 5.69 Å². The lowest BCUT2D eigenvalue weighted by atomic mass is 10.1. The van der Waals surface area contributed by atoms with Crippen LogP contribution in [0.3, 0.4) is 0 Å². The molecule has 0 saturated carbocycles. The summed E-state index contributed by atoms with van der Waals surface area (Å²) in [5.41, 5.74) is 2.04.